The molecule has 0 aromatic rings. The standard InChI is InChI=1S/C36H54O13/c1-7-8-9-10-11-12-25(39)49-36-29(33(36,5)6)22-14-21(17-46-32-28(42)27(41)26(40)23(16-37)48-32)15-34(44)24(13-18(2)30(34)43)35(22,45)19(3)31(36)47-20(4)38/h13-14,19,22-24,26-29,31-32,37,40-42,44-45H,7-12,15-17H2,1-6H3/t19-,22+,23-,24-,26+,27+,28-,29+,31-,32?,34-,35-,36-/m1/s1. The number of aliphatic hydroxyl groups is 6. The van der Waals surface area contributed by atoms with Crippen LogP contribution in [0.4, 0.5) is 0 Å². The molecule has 0 radical (unpaired) electrons. The van der Waals surface area contributed by atoms with Gasteiger partial charge in [0.15, 0.2) is 17.7 Å². The lowest BCUT2D eigenvalue weighted by molar-refractivity contribution is -0.299. The van der Waals surface area contributed by atoms with Crippen LogP contribution in [0, 0.1) is 29.1 Å². The van der Waals surface area contributed by atoms with Crippen LogP contribution >= 0.6 is 0 Å². The normalized spacial score (nSPS) is 43.7. The Balaban J connectivity index is 1.53. The summed E-state index contributed by atoms with van der Waals surface area (Å²) in [6.45, 7) is 9.40. The summed E-state index contributed by atoms with van der Waals surface area (Å²) in [6, 6.07) is 0. The lowest BCUT2D eigenvalue weighted by atomic mass is 9.59. The van der Waals surface area contributed by atoms with Crippen LogP contribution in [0.5, 0.6) is 0 Å². The predicted octanol–water partition coefficient (Wildman–Crippen LogP) is 1.24. The van der Waals surface area contributed by atoms with Gasteiger partial charge in [-0.05, 0) is 24.5 Å². The molecule has 1 aliphatic heterocycles. The van der Waals surface area contributed by atoms with Crippen LogP contribution in [-0.2, 0) is 33.3 Å². The summed E-state index contributed by atoms with van der Waals surface area (Å²) >= 11 is 0. The number of rotatable bonds is 12. The fourth-order valence-electron chi connectivity index (χ4n) is 9.50. The first-order valence-corrected chi connectivity index (χ1v) is 17.6. The third-order valence-corrected chi connectivity index (χ3v) is 12.1. The van der Waals surface area contributed by atoms with E-state index in [9.17, 15) is 45.0 Å². The highest BCUT2D eigenvalue weighted by atomic mass is 16.7. The molecule has 276 valence electrons. The summed E-state index contributed by atoms with van der Waals surface area (Å²) in [5, 5.41) is 65.9. The van der Waals surface area contributed by atoms with Gasteiger partial charge in [0.2, 0.25) is 0 Å². The van der Waals surface area contributed by atoms with E-state index in [0.717, 1.165) is 25.7 Å². The van der Waals surface area contributed by atoms with Gasteiger partial charge in [0.1, 0.15) is 36.1 Å². The Morgan fingerprint density at radius 3 is 2.33 bits per heavy atom. The second kappa shape index (κ2) is 13.7. The summed E-state index contributed by atoms with van der Waals surface area (Å²) in [7, 11) is 0. The van der Waals surface area contributed by atoms with Crippen molar-refractivity contribution in [3.8, 4) is 0 Å². The fraction of sp³-hybridized carbons (Fsp3) is 0.806. The van der Waals surface area contributed by atoms with Crippen molar-refractivity contribution < 1.29 is 64.0 Å². The molecule has 5 aliphatic rings. The molecule has 0 bridgehead atoms. The number of carbonyl (C=O) groups excluding carboxylic acids is 3. The van der Waals surface area contributed by atoms with Gasteiger partial charge < -0.3 is 49.6 Å². The Kier molecular flexibility index (Phi) is 10.6. The molecule has 49 heavy (non-hydrogen) atoms. The zero-order chi connectivity index (χ0) is 36.3. The average Bonchev–Trinajstić information content (AvgIpc) is 3.46. The van der Waals surface area contributed by atoms with Gasteiger partial charge in [-0.1, -0.05) is 65.5 Å². The highest BCUT2D eigenvalue weighted by molar-refractivity contribution is 6.04. The van der Waals surface area contributed by atoms with Crippen molar-refractivity contribution in [3.05, 3.63) is 23.3 Å². The minimum atomic E-state index is -2.11. The summed E-state index contributed by atoms with van der Waals surface area (Å²) in [5.74, 6) is -5.14. The third-order valence-electron chi connectivity index (χ3n) is 12.1. The van der Waals surface area contributed by atoms with E-state index in [4.69, 9.17) is 18.9 Å². The van der Waals surface area contributed by atoms with E-state index in [2.05, 4.69) is 6.92 Å². The molecular weight excluding hydrogens is 640 g/mol. The van der Waals surface area contributed by atoms with Crippen molar-refractivity contribution in [2.45, 2.75) is 140 Å². The maximum Gasteiger partial charge on any atom is 0.306 e. The van der Waals surface area contributed by atoms with E-state index >= 15 is 0 Å². The number of hydrogen-bond acceptors (Lipinski definition) is 13. The predicted molar refractivity (Wildman–Crippen MR) is 172 cm³/mol. The lowest BCUT2D eigenvalue weighted by Gasteiger charge is -2.53. The first-order valence-electron chi connectivity index (χ1n) is 17.6. The number of hydrogen-bond donors (Lipinski definition) is 6. The van der Waals surface area contributed by atoms with Crippen LogP contribution in [0.3, 0.4) is 0 Å². The largest absolute Gasteiger partial charge is 0.458 e. The molecule has 13 atom stereocenters. The monoisotopic (exact) mass is 694 g/mol. The van der Waals surface area contributed by atoms with Crippen molar-refractivity contribution in [1.29, 1.82) is 0 Å². The van der Waals surface area contributed by atoms with Crippen molar-refractivity contribution in [1.82, 2.24) is 0 Å². The molecule has 13 nitrogen and oxygen atoms in total. The van der Waals surface area contributed by atoms with Crippen LogP contribution in [0.2, 0.25) is 0 Å². The van der Waals surface area contributed by atoms with Crippen LogP contribution < -0.4 is 0 Å². The summed E-state index contributed by atoms with van der Waals surface area (Å²) < 4.78 is 23.7. The Morgan fingerprint density at radius 2 is 1.69 bits per heavy atom. The Morgan fingerprint density at radius 1 is 1.02 bits per heavy atom. The smallest absolute Gasteiger partial charge is 0.306 e. The zero-order valence-corrected chi connectivity index (χ0v) is 29.3. The molecule has 0 aromatic carbocycles. The molecule has 4 aliphatic carbocycles. The molecule has 0 amide bonds. The van der Waals surface area contributed by atoms with E-state index in [1.165, 1.54) is 6.92 Å². The topological polar surface area (TPSA) is 210 Å². The van der Waals surface area contributed by atoms with Gasteiger partial charge in [0, 0.05) is 48.9 Å². The Hall–Kier alpha value is -2.23. The van der Waals surface area contributed by atoms with Crippen LogP contribution in [0.25, 0.3) is 0 Å². The zero-order valence-electron chi connectivity index (χ0n) is 29.3. The van der Waals surface area contributed by atoms with E-state index < -0.39 is 107 Å². The molecular formula is C36H54O13. The van der Waals surface area contributed by atoms with E-state index in [-0.39, 0.29) is 25.0 Å². The van der Waals surface area contributed by atoms with Crippen molar-refractivity contribution in [3.63, 3.8) is 0 Å². The van der Waals surface area contributed by atoms with Gasteiger partial charge in [-0.25, -0.2) is 0 Å². The SMILES string of the molecule is CCCCCCCC(=O)O[C@@]12[C@H](OC(C)=O)[C@@H](C)[C@@]3(O)[C@@H](C=C(COC4O[C@H](CO)[C@H](O)[C@H](O)[C@H]4O)C[C@]4(O)C(=O)C(C)=C[C@@H]34)[C@H]1C2(C)C. The molecule has 1 saturated heterocycles. The molecule has 3 fully saturated rings. The Bertz CT molecular complexity index is 1360. The quantitative estimate of drug-likeness (QED) is 0.0967. The lowest BCUT2D eigenvalue weighted by Crippen LogP contribution is -2.66. The highest BCUT2D eigenvalue weighted by Gasteiger charge is 2.87. The first-order chi connectivity index (χ1) is 22.9. The fourth-order valence-corrected chi connectivity index (χ4v) is 9.50. The summed E-state index contributed by atoms with van der Waals surface area (Å²) in [4.78, 5) is 39.7. The number of Topliss-reactive ketones (excluding diaryl/α,β-unsaturated/α-hetero) is 1. The van der Waals surface area contributed by atoms with Crippen LogP contribution in [0.1, 0.15) is 86.5 Å². The van der Waals surface area contributed by atoms with Gasteiger partial charge in [0.05, 0.1) is 18.8 Å². The molecule has 0 spiro atoms. The number of ketones is 1. The molecule has 0 aromatic heterocycles. The second-order valence-corrected chi connectivity index (χ2v) is 15.5. The van der Waals surface area contributed by atoms with Gasteiger partial charge >= 0.3 is 11.9 Å². The number of fused-ring (bicyclic) bond motifs is 5. The maximum absolute atomic E-state index is 13.6. The van der Waals surface area contributed by atoms with Crippen LogP contribution in [0.15, 0.2) is 23.3 Å². The number of ether oxygens (including phenoxy) is 4. The molecule has 1 heterocycles. The van der Waals surface area contributed by atoms with E-state index in [0.29, 0.717) is 12.0 Å². The number of unbranched alkanes of at least 4 members (excludes halogenated alkanes) is 4. The number of esters is 2. The average molecular weight is 695 g/mol. The van der Waals surface area contributed by atoms with Crippen molar-refractivity contribution >= 4 is 17.7 Å². The van der Waals surface area contributed by atoms with E-state index in [1.807, 2.05) is 13.8 Å². The van der Waals surface area contributed by atoms with E-state index in [1.54, 1.807) is 26.0 Å². The number of carbonyl (C=O) groups is 3. The Labute approximate surface area is 287 Å². The molecule has 1 unspecified atom stereocenters. The van der Waals surface area contributed by atoms with Crippen molar-refractivity contribution in [2.75, 3.05) is 13.2 Å². The highest BCUT2D eigenvalue weighted by Crippen LogP contribution is 2.77. The van der Waals surface area contributed by atoms with Gasteiger partial charge in [-0.15, -0.1) is 0 Å². The maximum atomic E-state index is 13.6. The summed E-state index contributed by atoms with van der Waals surface area (Å²) in [6.07, 6.45) is -0.860. The molecule has 2 saturated carbocycles. The van der Waals surface area contributed by atoms with Gasteiger partial charge in [-0.2, -0.15) is 0 Å². The minimum absolute atomic E-state index is 0.178. The summed E-state index contributed by atoms with van der Waals surface area (Å²) in [5.41, 5.74) is -5.48. The minimum Gasteiger partial charge on any atom is -0.458 e. The molecule has 5 rings (SSSR count). The first kappa shape index (κ1) is 38.0. The van der Waals surface area contributed by atoms with Gasteiger partial charge in [0.25, 0.3) is 0 Å². The van der Waals surface area contributed by atoms with Gasteiger partial charge in [-0.3, -0.25) is 14.4 Å². The van der Waals surface area contributed by atoms with Crippen molar-refractivity contribution in [2.24, 2.45) is 29.1 Å². The van der Waals surface area contributed by atoms with Crippen LogP contribution in [-0.4, -0.2) is 115 Å². The third kappa shape index (κ3) is 6.01. The molecule has 13 heteroatoms. The second-order valence-electron chi connectivity index (χ2n) is 15.5. The molecule has 6 N–H and O–H groups in total. The number of aliphatic hydroxyl groups excluding tert-OH is 4.